The third kappa shape index (κ3) is 2.85. The van der Waals surface area contributed by atoms with Crippen LogP contribution >= 0.6 is 0 Å². The number of nitrogens with zero attached hydrogens (tertiary/aromatic N) is 2. The SMILES string of the molecule is Cc1cncc(S(=O)(=O)N(C)Cc2ccoc2C)c1. The van der Waals surface area contributed by atoms with Crippen LogP contribution in [0.3, 0.4) is 0 Å². The van der Waals surface area contributed by atoms with Gasteiger partial charge in [0.1, 0.15) is 10.7 Å². The largest absolute Gasteiger partial charge is 0.469 e. The molecule has 0 aliphatic carbocycles. The average Bonchev–Trinajstić information content (AvgIpc) is 2.75. The molecule has 0 saturated heterocycles. The van der Waals surface area contributed by atoms with E-state index in [2.05, 4.69) is 4.98 Å². The smallest absolute Gasteiger partial charge is 0.244 e. The van der Waals surface area contributed by atoms with Gasteiger partial charge in [-0.15, -0.1) is 0 Å². The molecular weight excluding hydrogens is 264 g/mol. The molecule has 0 spiro atoms. The van der Waals surface area contributed by atoms with Gasteiger partial charge in [0.2, 0.25) is 10.0 Å². The fourth-order valence-corrected chi connectivity index (χ4v) is 2.95. The number of hydrogen-bond acceptors (Lipinski definition) is 4. The second-order valence-corrected chi connectivity index (χ2v) is 6.51. The van der Waals surface area contributed by atoms with Gasteiger partial charge in [0.25, 0.3) is 0 Å². The fourth-order valence-electron chi connectivity index (χ4n) is 1.75. The summed E-state index contributed by atoms with van der Waals surface area (Å²) in [5.41, 5.74) is 1.67. The van der Waals surface area contributed by atoms with E-state index in [1.807, 2.05) is 13.8 Å². The Morgan fingerprint density at radius 1 is 1.32 bits per heavy atom. The first-order valence-electron chi connectivity index (χ1n) is 5.82. The first-order valence-corrected chi connectivity index (χ1v) is 7.26. The van der Waals surface area contributed by atoms with E-state index >= 15 is 0 Å². The second-order valence-electron chi connectivity index (χ2n) is 4.46. The summed E-state index contributed by atoms with van der Waals surface area (Å²) in [6.07, 6.45) is 4.54. The maximum absolute atomic E-state index is 12.4. The summed E-state index contributed by atoms with van der Waals surface area (Å²) in [7, 11) is -1.98. The van der Waals surface area contributed by atoms with Gasteiger partial charge in [0.15, 0.2) is 0 Å². The lowest BCUT2D eigenvalue weighted by molar-refractivity contribution is 0.458. The third-order valence-corrected chi connectivity index (χ3v) is 4.69. The van der Waals surface area contributed by atoms with Gasteiger partial charge in [0, 0.05) is 31.5 Å². The van der Waals surface area contributed by atoms with Crippen molar-refractivity contribution in [2.75, 3.05) is 7.05 Å². The molecule has 2 aromatic rings. The molecule has 0 aliphatic heterocycles. The number of aromatic nitrogens is 1. The van der Waals surface area contributed by atoms with Crippen molar-refractivity contribution in [1.29, 1.82) is 0 Å². The van der Waals surface area contributed by atoms with Crippen molar-refractivity contribution >= 4 is 10.0 Å². The highest BCUT2D eigenvalue weighted by Gasteiger charge is 2.22. The highest BCUT2D eigenvalue weighted by molar-refractivity contribution is 7.89. The first-order chi connectivity index (χ1) is 8.91. The van der Waals surface area contributed by atoms with Gasteiger partial charge in [-0.1, -0.05) is 0 Å². The number of hydrogen-bond donors (Lipinski definition) is 0. The molecule has 102 valence electrons. The normalized spacial score (nSPS) is 12.0. The summed E-state index contributed by atoms with van der Waals surface area (Å²) >= 11 is 0. The molecule has 0 atom stereocenters. The quantitative estimate of drug-likeness (QED) is 0.860. The predicted octanol–water partition coefficient (Wildman–Crippen LogP) is 2.11. The standard InChI is InChI=1S/C13H16N2O3S/c1-10-6-13(8-14-7-10)19(16,17)15(3)9-12-4-5-18-11(12)2/h4-8H,9H2,1-3H3. The van der Waals surface area contributed by atoms with Gasteiger partial charge in [-0.3, -0.25) is 4.98 Å². The number of sulfonamides is 1. The minimum atomic E-state index is -3.53. The van der Waals surface area contributed by atoms with E-state index in [0.717, 1.165) is 16.9 Å². The molecule has 6 heteroatoms. The molecule has 0 amide bonds. The zero-order chi connectivity index (χ0) is 14.0. The van der Waals surface area contributed by atoms with E-state index < -0.39 is 10.0 Å². The summed E-state index contributed by atoms with van der Waals surface area (Å²) in [4.78, 5) is 4.13. The van der Waals surface area contributed by atoms with E-state index in [0.29, 0.717) is 0 Å². The van der Waals surface area contributed by atoms with Crippen LogP contribution in [0.2, 0.25) is 0 Å². The monoisotopic (exact) mass is 280 g/mol. The predicted molar refractivity (Wildman–Crippen MR) is 71.1 cm³/mol. The highest BCUT2D eigenvalue weighted by Crippen LogP contribution is 2.18. The Bertz CT molecular complexity index is 677. The van der Waals surface area contributed by atoms with E-state index in [1.54, 1.807) is 31.6 Å². The van der Waals surface area contributed by atoms with Crippen LogP contribution in [-0.4, -0.2) is 24.8 Å². The Hall–Kier alpha value is -1.66. The molecule has 0 radical (unpaired) electrons. The summed E-state index contributed by atoms with van der Waals surface area (Å²) in [5, 5.41) is 0. The van der Waals surface area contributed by atoms with Crippen LogP contribution in [0.25, 0.3) is 0 Å². The lowest BCUT2D eigenvalue weighted by atomic mass is 10.3. The van der Waals surface area contributed by atoms with Crippen LogP contribution in [0.1, 0.15) is 16.9 Å². The maximum Gasteiger partial charge on any atom is 0.244 e. The summed E-state index contributed by atoms with van der Waals surface area (Å²) in [5.74, 6) is 0.726. The zero-order valence-corrected chi connectivity index (χ0v) is 11.9. The molecule has 2 aromatic heterocycles. The van der Waals surface area contributed by atoms with Gasteiger partial charge < -0.3 is 4.42 Å². The molecule has 2 heterocycles. The number of pyridine rings is 1. The maximum atomic E-state index is 12.4. The van der Waals surface area contributed by atoms with Crippen molar-refractivity contribution in [3.05, 3.63) is 47.7 Å². The van der Waals surface area contributed by atoms with Gasteiger partial charge >= 0.3 is 0 Å². The molecular formula is C13H16N2O3S. The molecule has 0 unspecified atom stereocenters. The Labute approximate surface area is 112 Å². The van der Waals surface area contributed by atoms with Gasteiger partial charge in [-0.2, -0.15) is 4.31 Å². The fraction of sp³-hybridized carbons (Fsp3) is 0.308. The van der Waals surface area contributed by atoms with E-state index in [9.17, 15) is 8.42 Å². The molecule has 0 aromatic carbocycles. The lowest BCUT2D eigenvalue weighted by Gasteiger charge is -2.16. The van der Waals surface area contributed by atoms with Crippen LogP contribution in [-0.2, 0) is 16.6 Å². The molecule has 19 heavy (non-hydrogen) atoms. The van der Waals surface area contributed by atoms with Crippen molar-refractivity contribution in [2.24, 2.45) is 0 Å². The van der Waals surface area contributed by atoms with E-state index in [4.69, 9.17) is 4.42 Å². The van der Waals surface area contributed by atoms with Crippen LogP contribution in [0.5, 0.6) is 0 Å². The van der Waals surface area contributed by atoms with Gasteiger partial charge in [-0.05, 0) is 31.5 Å². The first kappa shape index (κ1) is 13.8. The molecule has 0 fully saturated rings. The second kappa shape index (κ2) is 5.14. The minimum Gasteiger partial charge on any atom is -0.469 e. The number of rotatable bonds is 4. The van der Waals surface area contributed by atoms with Gasteiger partial charge in [0.05, 0.1) is 6.26 Å². The molecule has 2 rings (SSSR count). The molecule has 5 nitrogen and oxygen atoms in total. The molecule has 0 aliphatic rings. The van der Waals surface area contributed by atoms with E-state index in [1.165, 1.54) is 10.5 Å². The Morgan fingerprint density at radius 3 is 2.63 bits per heavy atom. The van der Waals surface area contributed by atoms with Crippen molar-refractivity contribution in [3.63, 3.8) is 0 Å². The van der Waals surface area contributed by atoms with Crippen LogP contribution < -0.4 is 0 Å². The topological polar surface area (TPSA) is 63.4 Å². The van der Waals surface area contributed by atoms with Crippen LogP contribution in [0.4, 0.5) is 0 Å². The van der Waals surface area contributed by atoms with Crippen LogP contribution in [0, 0.1) is 13.8 Å². The zero-order valence-electron chi connectivity index (χ0n) is 11.1. The Balaban J connectivity index is 2.27. The number of furan rings is 1. The molecule has 0 bridgehead atoms. The van der Waals surface area contributed by atoms with Crippen molar-refractivity contribution in [2.45, 2.75) is 25.3 Å². The third-order valence-electron chi connectivity index (χ3n) is 2.92. The minimum absolute atomic E-state index is 0.205. The molecule has 0 N–H and O–H groups in total. The van der Waals surface area contributed by atoms with Crippen LogP contribution in [0.15, 0.2) is 40.1 Å². The van der Waals surface area contributed by atoms with Crippen molar-refractivity contribution in [3.8, 4) is 0 Å². The lowest BCUT2D eigenvalue weighted by Crippen LogP contribution is -2.26. The Kier molecular flexibility index (Phi) is 3.73. The summed E-state index contributed by atoms with van der Waals surface area (Å²) in [6, 6.07) is 3.39. The van der Waals surface area contributed by atoms with Crippen molar-refractivity contribution < 1.29 is 12.8 Å². The summed E-state index contributed by atoms with van der Waals surface area (Å²) < 4.78 is 31.2. The molecule has 0 saturated carbocycles. The van der Waals surface area contributed by atoms with Crippen molar-refractivity contribution in [1.82, 2.24) is 9.29 Å². The average molecular weight is 280 g/mol. The Morgan fingerprint density at radius 2 is 2.05 bits per heavy atom. The number of aryl methyl sites for hydroxylation is 2. The van der Waals surface area contributed by atoms with E-state index in [-0.39, 0.29) is 11.4 Å². The van der Waals surface area contributed by atoms with Gasteiger partial charge in [-0.25, -0.2) is 8.42 Å². The summed E-state index contributed by atoms with van der Waals surface area (Å²) in [6.45, 7) is 3.90. The highest BCUT2D eigenvalue weighted by atomic mass is 32.2.